The first-order valence-electron chi connectivity index (χ1n) is 7.73. The molecule has 0 aromatic heterocycles. The molecule has 21 heavy (non-hydrogen) atoms. The van der Waals surface area contributed by atoms with Gasteiger partial charge >= 0.3 is 12.1 Å². The zero-order valence-corrected chi connectivity index (χ0v) is 13.0. The molecule has 1 unspecified atom stereocenters. The van der Waals surface area contributed by atoms with Crippen LogP contribution in [-0.4, -0.2) is 44.0 Å². The molecule has 0 aromatic carbocycles. The molecule has 0 aromatic rings. The van der Waals surface area contributed by atoms with Crippen LogP contribution in [0, 0.1) is 11.8 Å². The summed E-state index contributed by atoms with van der Waals surface area (Å²) >= 11 is 0. The molecule has 1 saturated carbocycles. The molecule has 2 rings (SSSR count). The van der Waals surface area contributed by atoms with Gasteiger partial charge in [0.25, 0.3) is 0 Å². The summed E-state index contributed by atoms with van der Waals surface area (Å²) in [6.07, 6.45) is 3.59. The lowest BCUT2D eigenvalue weighted by molar-refractivity contribution is -0.152. The molecule has 120 valence electrons. The van der Waals surface area contributed by atoms with Gasteiger partial charge in [0.1, 0.15) is 6.04 Å². The Hall–Kier alpha value is -1.30. The number of carbonyl (C=O) groups excluding carboxylic acids is 2. The number of ether oxygens (including phenoxy) is 3. The molecule has 2 fully saturated rings. The molecule has 2 aliphatic rings. The van der Waals surface area contributed by atoms with Crippen LogP contribution in [-0.2, 0) is 19.0 Å². The summed E-state index contributed by atoms with van der Waals surface area (Å²) in [5.41, 5.74) is 0. The van der Waals surface area contributed by atoms with Gasteiger partial charge in [-0.1, -0.05) is 6.42 Å². The molecule has 0 spiro atoms. The van der Waals surface area contributed by atoms with Gasteiger partial charge in [-0.05, 0) is 44.9 Å². The molecule has 1 aliphatic heterocycles. The van der Waals surface area contributed by atoms with E-state index in [2.05, 4.69) is 10.1 Å². The van der Waals surface area contributed by atoms with Crippen molar-refractivity contribution < 1.29 is 23.8 Å². The minimum atomic E-state index is -0.658. The monoisotopic (exact) mass is 299 g/mol. The first-order valence-corrected chi connectivity index (χ1v) is 7.73. The molecular weight excluding hydrogens is 274 g/mol. The van der Waals surface area contributed by atoms with E-state index >= 15 is 0 Å². The summed E-state index contributed by atoms with van der Waals surface area (Å²) in [7, 11) is 1.29. The summed E-state index contributed by atoms with van der Waals surface area (Å²) in [4.78, 5) is 23.8. The van der Waals surface area contributed by atoms with Crippen molar-refractivity contribution in [3.8, 4) is 0 Å². The number of nitrogens with one attached hydrogen (secondary N) is 1. The van der Waals surface area contributed by atoms with Crippen molar-refractivity contribution in [3.63, 3.8) is 0 Å². The van der Waals surface area contributed by atoms with Crippen LogP contribution in [0.25, 0.3) is 0 Å². The maximum Gasteiger partial charge on any atom is 0.407 e. The first-order chi connectivity index (χ1) is 10.1. The van der Waals surface area contributed by atoms with Gasteiger partial charge < -0.3 is 19.5 Å². The van der Waals surface area contributed by atoms with E-state index in [9.17, 15) is 9.59 Å². The van der Waals surface area contributed by atoms with Gasteiger partial charge in [-0.2, -0.15) is 0 Å². The Morgan fingerprint density at radius 3 is 2.81 bits per heavy atom. The van der Waals surface area contributed by atoms with E-state index in [-0.39, 0.29) is 24.1 Å². The molecular formula is C15H25NO5. The average Bonchev–Trinajstić information content (AvgIpc) is 2.91. The van der Waals surface area contributed by atoms with Gasteiger partial charge in [0, 0.05) is 0 Å². The number of methoxy groups -OCH3 is 1. The summed E-state index contributed by atoms with van der Waals surface area (Å²) in [6, 6.07) is -0.658. The van der Waals surface area contributed by atoms with Crippen molar-refractivity contribution >= 4 is 12.1 Å². The van der Waals surface area contributed by atoms with Gasteiger partial charge in [-0.25, -0.2) is 9.59 Å². The van der Waals surface area contributed by atoms with E-state index in [4.69, 9.17) is 9.47 Å². The Labute approximate surface area is 125 Å². The fourth-order valence-electron chi connectivity index (χ4n) is 3.67. The van der Waals surface area contributed by atoms with E-state index in [0.29, 0.717) is 12.5 Å². The highest BCUT2D eigenvalue weighted by Crippen LogP contribution is 2.42. The summed E-state index contributed by atoms with van der Waals surface area (Å²) in [5, 5.41) is 2.66. The maximum atomic E-state index is 12.3. The Morgan fingerprint density at radius 2 is 2.14 bits per heavy atom. The number of rotatable bonds is 4. The fraction of sp³-hybridized carbons (Fsp3) is 0.867. The van der Waals surface area contributed by atoms with Crippen molar-refractivity contribution in [2.75, 3.05) is 13.7 Å². The Kier molecular flexibility index (Phi) is 5.45. The zero-order chi connectivity index (χ0) is 15.4. The van der Waals surface area contributed by atoms with Gasteiger partial charge in [0.05, 0.1) is 25.9 Å². The topological polar surface area (TPSA) is 73.9 Å². The van der Waals surface area contributed by atoms with Crippen molar-refractivity contribution in [2.24, 2.45) is 11.8 Å². The highest BCUT2D eigenvalue weighted by molar-refractivity contribution is 5.81. The van der Waals surface area contributed by atoms with Crippen LogP contribution in [0.2, 0.25) is 0 Å². The second-order valence-corrected chi connectivity index (χ2v) is 5.85. The SMILES string of the molecule is CCOC(=O)[C@@H](NC(=O)OC)C1C[C@@H](C)O[C@H]2CCC[C@@H]12. The molecule has 1 aliphatic carbocycles. The number of fused-ring (bicyclic) bond motifs is 1. The summed E-state index contributed by atoms with van der Waals surface area (Å²) in [6.45, 7) is 4.07. The standard InChI is InChI=1S/C15H25NO5/c1-4-20-14(17)13(16-15(18)19-3)11-8-9(2)21-12-7-5-6-10(11)12/h9-13H,4-8H2,1-3H3,(H,16,18)/t9-,10+,11?,12+,13+/m1/s1. The van der Waals surface area contributed by atoms with Crippen LogP contribution in [0.1, 0.15) is 39.5 Å². The van der Waals surface area contributed by atoms with Crippen LogP contribution in [0.4, 0.5) is 4.79 Å². The molecule has 0 bridgehead atoms. The number of hydrogen-bond donors (Lipinski definition) is 1. The quantitative estimate of drug-likeness (QED) is 0.802. The van der Waals surface area contributed by atoms with Crippen molar-refractivity contribution in [3.05, 3.63) is 0 Å². The maximum absolute atomic E-state index is 12.3. The Balaban J connectivity index is 2.16. The molecule has 6 heteroatoms. The first kappa shape index (κ1) is 16.1. The van der Waals surface area contributed by atoms with Gasteiger partial charge in [0.2, 0.25) is 0 Å². The third kappa shape index (κ3) is 3.67. The molecule has 1 N–H and O–H groups in total. The lowest BCUT2D eigenvalue weighted by atomic mass is 9.77. The molecule has 1 amide bonds. The Morgan fingerprint density at radius 1 is 1.38 bits per heavy atom. The lowest BCUT2D eigenvalue weighted by Crippen LogP contribution is -2.53. The van der Waals surface area contributed by atoms with Crippen molar-refractivity contribution in [1.82, 2.24) is 5.32 Å². The summed E-state index contributed by atoms with van der Waals surface area (Å²) < 4.78 is 15.8. The largest absolute Gasteiger partial charge is 0.464 e. The number of amides is 1. The number of alkyl carbamates (subject to hydrolysis) is 1. The van der Waals surface area contributed by atoms with Crippen molar-refractivity contribution in [2.45, 2.75) is 57.8 Å². The third-order valence-electron chi connectivity index (χ3n) is 4.49. The molecule has 0 radical (unpaired) electrons. The highest BCUT2D eigenvalue weighted by Gasteiger charge is 2.46. The smallest absolute Gasteiger partial charge is 0.407 e. The van der Waals surface area contributed by atoms with E-state index in [1.165, 1.54) is 7.11 Å². The molecule has 6 nitrogen and oxygen atoms in total. The van der Waals surface area contributed by atoms with Crippen LogP contribution in [0.5, 0.6) is 0 Å². The van der Waals surface area contributed by atoms with Gasteiger partial charge in [-0.15, -0.1) is 0 Å². The third-order valence-corrected chi connectivity index (χ3v) is 4.49. The molecule has 1 saturated heterocycles. The van der Waals surface area contributed by atoms with Gasteiger partial charge in [0.15, 0.2) is 0 Å². The molecule has 5 atom stereocenters. The number of esters is 1. The van der Waals surface area contributed by atoms with Crippen LogP contribution < -0.4 is 5.32 Å². The van der Waals surface area contributed by atoms with Crippen molar-refractivity contribution in [1.29, 1.82) is 0 Å². The highest BCUT2D eigenvalue weighted by atomic mass is 16.5. The zero-order valence-electron chi connectivity index (χ0n) is 13.0. The fourth-order valence-corrected chi connectivity index (χ4v) is 3.67. The summed E-state index contributed by atoms with van der Waals surface area (Å²) in [5.74, 6) is -0.0418. The predicted octanol–water partition coefficient (Wildman–Crippen LogP) is 1.87. The second-order valence-electron chi connectivity index (χ2n) is 5.85. The predicted molar refractivity (Wildman–Crippen MR) is 75.7 cm³/mol. The van der Waals surface area contributed by atoms with Crippen LogP contribution in [0.3, 0.4) is 0 Å². The average molecular weight is 299 g/mol. The number of carbonyl (C=O) groups is 2. The molecule has 1 heterocycles. The minimum absolute atomic E-state index is 0.0411. The number of hydrogen-bond acceptors (Lipinski definition) is 5. The second kappa shape index (κ2) is 7.11. The van der Waals surface area contributed by atoms with Crippen LogP contribution in [0.15, 0.2) is 0 Å². The van der Waals surface area contributed by atoms with E-state index in [1.54, 1.807) is 6.92 Å². The van der Waals surface area contributed by atoms with E-state index in [1.807, 2.05) is 6.92 Å². The van der Waals surface area contributed by atoms with E-state index in [0.717, 1.165) is 25.7 Å². The minimum Gasteiger partial charge on any atom is -0.464 e. The Bertz CT molecular complexity index is 386. The van der Waals surface area contributed by atoms with Crippen LogP contribution >= 0.6 is 0 Å². The van der Waals surface area contributed by atoms with E-state index < -0.39 is 12.1 Å². The lowest BCUT2D eigenvalue weighted by Gasteiger charge is -2.40. The van der Waals surface area contributed by atoms with Gasteiger partial charge in [-0.3, -0.25) is 0 Å². The normalized spacial score (nSPS) is 32.9.